The minimum Gasteiger partial charge on any atom is -0.436 e. The monoisotopic (exact) mass is 360 g/mol. The first-order valence-corrected chi connectivity index (χ1v) is 8.71. The lowest BCUT2D eigenvalue weighted by Gasteiger charge is -2.32. The van der Waals surface area contributed by atoms with Gasteiger partial charge in [-0.3, -0.25) is 14.7 Å². The zero-order valence-corrected chi connectivity index (χ0v) is 14.9. The molecule has 6 nitrogen and oxygen atoms in total. The highest BCUT2D eigenvalue weighted by Gasteiger charge is 2.27. The molecule has 1 atom stereocenters. The summed E-state index contributed by atoms with van der Waals surface area (Å²) in [6, 6.07) is 7.30. The summed E-state index contributed by atoms with van der Waals surface area (Å²) in [5.41, 5.74) is 0.809. The Bertz CT molecular complexity index is 741. The molecule has 1 N–H and O–H groups in total. The van der Waals surface area contributed by atoms with E-state index in [2.05, 4.69) is 20.2 Å². The topological polar surface area (TPSA) is 67.4 Å². The van der Waals surface area contributed by atoms with E-state index >= 15 is 0 Å². The maximum atomic E-state index is 11.6. The first-order valence-electron chi connectivity index (χ1n) is 8.33. The summed E-state index contributed by atoms with van der Waals surface area (Å²) in [6.07, 6.45) is 5.28. The standard InChI is InChI=1S/C18H21ClN4O2/c1-20-16(24)12-23-10-4-5-13(11-23)17-18(22-9-8-21-17)25-15-7-3-2-6-14(15)19/h2-3,6-9,13H,4-5,10-12H2,1H3,(H,20,24)/t13-/m0/s1. The largest absolute Gasteiger partial charge is 0.436 e. The first-order chi connectivity index (χ1) is 12.2. The predicted octanol–water partition coefficient (Wildman–Crippen LogP) is 2.85. The van der Waals surface area contributed by atoms with Gasteiger partial charge in [-0.25, -0.2) is 4.98 Å². The van der Waals surface area contributed by atoms with Gasteiger partial charge in [0.2, 0.25) is 11.8 Å². The van der Waals surface area contributed by atoms with Crippen molar-refractivity contribution in [2.45, 2.75) is 18.8 Å². The highest BCUT2D eigenvalue weighted by atomic mass is 35.5. The number of benzene rings is 1. The Morgan fingerprint density at radius 2 is 2.16 bits per heavy atom. The summed E-state index contributed by atoms with van der Waals surface area (Å²) >= 11 is 6.18. The zero-order chi connectivity index (χ0) is 17.6. The SMILES string of the molecule is CNC(=O)CN1CCC[C@H](c2nccnc2Oc2ccccc2Cl)C1. The van der Waals surface area contributed by atoms with E-state index in [0.29, 0.717) is 23.2 Å². The minimum atomic E-state index is 0.0207. The third kappa shape index (κ3) is 4.46. The average molecular weight is 361 g/mol. The number of piperidine rings is 1. The number of amides is 1. The number of carbonyl (C=O) groups is 1. The Balaban J connectivity index is 1.78. The molecule has 1 amide bonds. The highest BCUT2D eigenvalue weighted by molar-refractivity contribution is 6.32. The van der Waals surface area contributed by atoms with Crippen LogP contribution in [0, 0.1) is 0 Å². The molecule has 0 spiro atoms. The van der Waals surface area contributed by atoms with Crippen LogP contribution in [-0.2, 0) is 4.79 Å². The maximum absolute atomic E-state index is 11.6. The Morgan fingerprint density at radius 1 is 1.36 bits per heavy atom. The van der Waals surface area contributed by atoms with Gasteiger partial charge in [-0.1, -0.05) is 23.7 Å². The van der Waals surface area contributed by atoms with Gasteiger partial charge in [-0.05, 0) is 31.5 Å². The van der Waals surface area contributed by atoms with Crippen molar-refractivity contribution in [2.24, 2.45) is 0 Å². The number of aromatic nitrogens is 2. The van der Waals surface area contributed by atoms with Crippen molar-refractivity contribution in [3.8, 4) is 11.6 Å². The number of likely N-dealkylation sites (tertiary alicyclic amines) is 1. The number of hydrogen-bond donors (Lipinski definition) is 1. The first kappa shape index (κ1) is 17.6. The maximum Gasteiger partial charge on any atom is 0.241 e. The third-order valence-electron chi connectivity index (χ3n) is 4.27. The summed E-state index contributed by atoms with van der Waals surface area (Å²) in [5.74, 6) is 1.23. The van der Waals surface area contributed by atoms with Gasteiger partial charge in [-0.2, -0.15) is 0 Å². The van der Waals surface area contributed by atoms with Crippen molar-refractivity contribution in [1.82, 2.24) is 20.2 Å². The van der Waals surface area contributed by atoms with Gasteiger partial charge in [-0.15, -0.1) is 0 Å². The van der Waals surface area contributed by atoms with Gasteiger partial charge >= 0.3 is 0 Å². The summed E-state index contributed by atoms with van der Waals surface area (Å²) in [6.45, 7) is 2.06. The average Bonchev–Trinajstić information content (AvgIpc) is 2.64. The summed E-state index contributed by atoms with van der Waals surface area (Å²) in [7, 11) is 1.65. The van der Waals surface area contributed by atoms with Crippen LogP contribution in [0.5, 0.6) is 11.6 Å². The molecular weight excluding hydrogens is 340 g/mol. The van der Waals surface area contributed by atoms with Crippen molar-refractivity contribution < 1.29 is 9.53 Å². The Labute approximate surface area is 152 Å². The number of nitrogens with one attached hydrogen (secondary N) is 1. The van der Waals surface area contributed by atoms with Crippen LogP contribution < -0.4 is 10.1 Å². The van der Waals surface area contributed by atoms with E-state index in [4.69, 9.17) is 16.3 Å². The number of nitrogens with zero attached hydrogens (tertiary/aromatic N) is 3. The summed E-state index contributed by atoms with van der Waals surface area (Å²) in [5, 5.41) is 3.20. The molecule has 0 aliphatic carbocycles. The lowest BCUT2D eigenvalue weighted by atomic mass is 9.94. The molecule has 1 fully saturated rings. The van der Waals surface area contributed by atoms with Gasteiger partial charge in [0.25, 0.3) is 0 Å². The summed E-state index contributed by atoms with van der Waals surface area (Å²) < 4.78 is 5.93. The van der Waals surface area contributed by atoms with Gasteiger partial charge in [0.1, 0.15) is 11.4 Å². The molecule has 2 heterocycles. The Hall–Kier alpha value is -2.18. The van der Waals surface area contributed by atoms with Crippen LogP contribution in [0.3, 0.4) is 0 Å². The molecule has 1 aliphatic heterocycles. The van der Waals surface area contributed by atoms with Crippen molar-refractivity contribution >= 4 is 17.5 Å². The smallest absolute Gasteiger partial charge is 0.241 e. The van der Waals surface area contributed by atoms with Gasteiger partial charge in [0.05, 0.1) is 11.6 Å². The van der Waals surface area contributed by atoms with E-state index in [9.17, 15) is 4.79 Å². The molecule has 1 aromatic heterocycles. The van der Waals surface area contributed by atoms with Crippen molar-refractivity contribution in [2.75, 3.05) is 26.7 Å². The molecule has 1 aromatic carbocycles. The number of likely N-dealkylation sites (N-methyl/N-ethyl adjacent to an activating group) is 1. The van der Waals surface area contributed by atoms with Crippen molar-refractivity contribution in [1.29, 1.82) is 0 Å². The number of para-hydroxylation sites is 1. The Kier molecular flexibility index (Phi) is 5.83. The van der Waals surface area contributed by atoms with Crippen LogP contribution in [0.4, 0.5) is 0 Å². The second-order valence-corrected chi connectivity index (χ2v) is 6.43. The van der Waals surface area contributed by atoms with Gasteiger partial charge in [0.15, 0.2) is 0 Å². The van der Waals surface area contributed by atoms with Crippen LogP contribution in [0.2, 0.25) is 5.02 Å². The molecule has 1 saturated heterocycles. The number of carbonyl (C=O) groups excluding carboxylic acids is 1. The van der Waals surface area contributed by atoms with Crippen molar-refractivity contribution in [3.05, 3.63) is 47.4 Å². The van der Waals surface area contributed by atoms with Crippen LogP contribution in [0.25, 0.3) is 0 Å². The van der Waals surface area contributed by atoms with Crippen LogP contribution in [-0.4, -0.2) is 47.5 Å². The fraction of sp³-hybridized carbons (Fsp3) is 0.389. The Morgan fingerprint density at radius 3 is 2.96 bits per heavy atom. The zero-order valence-electron chi connectivity index (χ0n) is 14.1. The molecule has 7 heteroatoms. The third-order valence-corrected chi connectivity index (χ3v) is 4.58. The quantitative estimate of drug-likeness (QED) is 0.888. The predicted molar refractivity (Wildman–Crippen MR) is 96.0 cm³/mol. The van der Waals surface area contributed by atoms with E-state index in [1.54, 1.807) is 31.6 Å². The fourth-order valence-electron chi connectivity index (χ4n) is 3.03. The molecular formula is C18H21ClN4O2. The van der Waals surface area contributed by atoms with Crippen LogP contribution in [0.15, 0.2) is 36.7 Å². The van der Waals surface area contributed by atoms with Crippen LogP contribution in [0.1, 0.15) is 24.5 Å². The number of hydrogen-bond acceptors (Lipinski definition) is 5. The molecule has 1 aliphatic rings. The lowest BCUT2D eigenvalue weighted by Crippen LogP contribution is -2.41. The van der Waals surface area contributed by atoms with Gasteiger partial charge < -0.3 is 10.1 Å². The minimum absolute atomic E-state index is 0.0207. The second kappa shape index (κ2) is 8.27. The normalized spacial score (nSPS) is 17.9. The molecule has 0 radical (unpaired) electrons. The van der Waals surface area contributed by atoms with Crippen LogP contribution >= 0.6 is 11.6 Å². The number of ether oxygens (including phenoxy) is 1. The second-order valence-electron chi connectivity index (χ2n) is 6.03. The van der Waals surface area contributed by atoms with E-state index in [1.165, 1.54) is 0 Å². The lowest BCUT2D eigenvalue weighted by molar-refractivity contribution is -0.122. The molecule has 0 unspecified atom stereocenters. The van der Waals surface area contributed by atoms with E-state index in [0.717, 1.165) is 31.6 Å². The highest BCUT2D eigenvalue weighted by Crippen LogP contribution is 2.34. The molecule has 132 valence electrons. The molecule has 0 bridgehead atoms. The molecule has 25 heavy (non-hydrogen) atoms. The fourth-order valence-corrected chi connectivity index (χ4v) is 3.21. The van der Waals surface area contributed by atoms with Gasteiger partial charge in [0, 0.05) is 31.9 Å². The molecule has 2 aromatic rings. The number of halogens is 1. The van der Waals surface area contributed by atoms with E-state index in [1.807, 2.05) is 12.1 Å². The molecule has 3 rings (SSSR count). The van der Waals surface area contributed by atoms with E-state index < -0.39 is 0 Å². The molecule has 0 saturated carbocycles. The van der Waals surface area contributed by atoms with E-state index in [-0.39, 0.29) is 11.8 Å². The van der Waals surface area contributed by atoms with Crippen molar-refractivity contribution in [3.63, 3.8) is 0 Å². The summed E-state index contributed by atoms with van der Waals surface area (Å²) in [4.78, 5) is 22.6. The number of rotatable bonds is 5.